The van der Waals surface area contributed by atoms with Gasteiger partial charge in [-0.2, -0.15) is 0 Å². The molecule has 0 saturated carbocycles. The minimum absolute atomic E-state index is 0.601. The Balaban J connectivity index is 4.02. The minimum atomic E-state index is -1.61. The molecule has 0 rings (SSSR count). The first-order chi connectivity index (χ1) is 5.25. The van der Waals surface area contributed by atoms with Crippen LogP contribution in [-0.2, 0) is 9.53 Å². The highest BCUT2D eigenvalue weighted by molar-refractivity contribution is 6.68. The van der Waals surface area contributed by atoms with Crippen LogP contribution in [0.25, 0.3) is 0 Å². The van der Waals surface area contributed by atoms with Crippen LogP contribution < -0.4 is 0 Å². The molecule has 0 fully saturated rings. The van der Waals surface area contributed by atoms with Crippen molar-refractivity contribution in [3.05, 3.63) is 0 Å². The number of carbonyl (C=O) groups is 1. The van der Waals surface area contributed by atoms with E-state index in [2.05, 4.69) is 0 Å². The summed E-state index contributed by atoms with van der Waals surface area (Å²) in [4.78, 5) is 10.9. The van der Waals surface area contributed by atoms with Crippen LogP contribution in [0, 0.1) is 0 Å². The van der Waals surface area contributed by atoms with E-state index in [0.717, 1.165) is 0 Å². The fourth-order valence-corrected chi connectivity index (χ4v) is 0.520. The number of hydrogen-bond donors (Lipinski definition) is 0. The van der Waals surface area contributed by atoms with Gasteiger partial charge in [-0.1, -0.05) is 34.8 Å². The third-order valence-electron chi connectivity index (χ3n) is 1.08. The van der Waals surface area contributed by atoms with Crippen LogP contribution in [-0.4, -0.2) is 21.2 Å². The van der Waals surface area contributed by atoms with Crippen molar-refractivity contribution in [3.8, 4) is 0 Å². The Bertz CT molecular complexity index is 163. The highest BCUT2D eigenvalue weighted by atomic mass is 35.6. The molecule has 0 bridgehead atoms. The van der Waals surface area contributed by atoms with Crippen LogP contribution in [0.5, 0.6) is 0 Å². The molecule has 6 heteroatoms. The molecule has 0 heterocycles. The molecule has 0 aliphatic heterocycles. The summed E-state index contributed by atoms with van der Waals surface area (Å²) < 4.78 is 3.10. The lowest BCUT2D eigenvalue weighted by molar-refractivity contribution is -0.147. The Hall–Kier alpha value is 0.630. The molecule has 12 heavy (non-hydrogen) atoms. The number of halogens is 4. The Kier molecular flexibility index (Phi) is 5.00. The molecule has 2 atom stereocenters. The van der Waals surface area contributed by atoms with E-state index in [1.165, 1.54) is 13.8 Å². The lowest BCUT2D eigenvalue weighted by atomic mass is 10.4. The first-order valence-corrected chi connectivity index (χ1v) is 4.73. The van der Waals surface area contributed by atoms with Gasteiger partial charge in [0.2, 0.25) is 3.79 Å². The third-order valence-corrected chi connectivity index (χ3v) is 2.18. The summed E-state index contributed by atoms with van der Waals surface area (Å²) in [6, 6.07) is 0. The van der Waals surface area contributed by atoms with Gasteiger partial charge in [0.05, 0.1) is 0 Å². The molecule has 72 valence electrons. The van der Waals surface area contributed by atoms with Crippen molar-refractivity contribution in [2.45, 2.75) is 29.1 Å². The zero-order valence-corrected chi connectivity index (χ0v) is 9.51. The molecule has 0 aliphatic carbocycles. The third kappa shape index (κ3) is 4.61. The maximum atomic E-state index is 10.9. The number of ether oxygens (including phenoxy) is 1. The van der Waals surface area contributed by atoms with Gasteiger partial charge in [0.15, 0.2) is 0 Å². The Morgan fingerprint density at radius 3 is 2.00 bits per heavy atom. The molecule has 2 nitrogen and oxygen atoms in total. The van der Waals surface area contributed by atoms with Crippen molar-refractivity contribution in [3.63, 3.8) is 0 Å². The van der Waals surface area contributed by atoms with Crippen LogP contribution in [0.2, 0.25) is 0 Å². The number of hydrogen-bond acceptors (Lipinski definition) is 2. The van der Waals surface area contributed by atoms with Crippen LogP contribution >= 0.6 is 46.4 Å². The zero-order chi connectivity index (χ0) is 9.94. The van der Waals surface area contributed by atoms with E-state index in [9.17, 15) is 4.79 Å². The van der Waals surface area contributed by atoms with Gasteiger partial charge in [-0.3, -0.25) is 4.79 Å². The van der Waals surface area contributed by atoms with Crippen molar-refractivity contribution in [1.82, 2.24) is 0 Å². The topological polar surface area (TPSA) is 26.3 Å². The average Bonchev–Trinajstić information content (AvgIpc) is 1.85. The predicted octanol–water partition coefficient (Wildman–Crippen LogP) is 2.92. The zero-order valence-electron chi connectivity index (χ0n) is 6.48. The van der Waals surface area contributed by atoms with Crippen molar-refractivity contribution in [1.29, 1.82) is 0 Å². The van der Waals surface area contributed by atoms with Gasteiger partial charge in [-0.05, 0) is 13.8 Å². The van der Waals surface area contributed by atoms with E-state index in [-0.39, 0.29) is 0 Å². The highest BCUT2D eigenvalue weighted by Gasteiger charge is 2.32. The summed E-state index contributed by atoms with van der Waals surface area (Å²) in [5.74, 6) is -0.601. The number of carbonyl (C=O) groups excluding carboxylic acids is 1. The molecule has 0 aromatic rings. The smallest absolute Gasteiger partial charge is 0.324 e. The molecule has 0 aliphatic rings. The quantitative estimate of drug-likeness (QED) is 0.559. The number of esters is 1. The van der Waals surface area contributed by atoms with Crippen molar-refractivity contribution in [2.24, 2.45) is 0 Å². The Morgan fingerprint density at radius 1 is 1.33 bits per heavy atom. The average molecular weight is 254 g/mol. The van der Waals surface area contributed by atoms with Crippen LogP contribution in [0.1, 0.15) is 13.8 Å². The van der Waals surface area contributed by atoms with Gasteiger partial charge < -0.3 is 4.74 Å². The lowest BCUT2D eigenvalue weighted by Crippen LogP contribution is -2.30. The number of alkyl halides is 4. The largest absolute Gasteiger partial charge is 0.457 e. The van der Waals surface area contributed by atoms with Crippen LogP contribution in [0.15, 0.2) is 0 Å². The van der Waals surface area contributed by atoms with Crippen molar-refractivity contribution >= 4 is 52.4 Å². The molecular formula is C6H8Cl4O2. The minimum Gasteiger partial charge on any atom is -0.457 e. The summed E-state index contributed by atoms with van der Waals surface area (Å²) in [6.07, 6.45) is -0.809. The summed E-state index contributed by atoms with van der Waals surface area (Å²) in [7, 11) is 0. The Morgan fingerprint density at radius 2 is 1.75 bits per heavy atom. The van der Waals surface area contributed by atoms with Crippen molar-refractivity contribution < 1.29 is 9.53 Å². The second kappa shape index (κ2) is 4.75. The molecular weight excluding hydrogens is 246 g/mol. The molecule has 0 radical (unpaired) electrons. The lowest BCUT2D eigenvalue weighted by Gasteiger charge is -2.20. The van der Waals surface area contributed by atoms with E-state index in [1.807, 2.05) is 0 Å². The second-order valence-electron chi connectivity index (χ2n) is 2.24. The first kappa shape index (κ1) is 12.6. The van der Waals surface area contributed by atoms with E-state index >= 15 is 0 Å². The van der Waals surface area contributed by atoms with Gasteiger partial charge in [0.25, 0.3) is 0 Å². The first-order valence-electron chi connectivity index (χ1n) is 3.16. The molecule has 0 saturated heterocycles. The van der Waals surface area contributed by atoms with Gasteiger partial charge in [0.1, 0.15) is 11.5 Å². The van der Waals surface area contributed by atoms with E-state index in [1.54, 1.807) is 0 Å². The van der Waals surface area contributed by atoms with Gasteiger partial charge in [-0.25, -0.2) is 0 Å². The fraction of sp³-hybridized carbons (Fsp3) is 0.833. The maximum absolute atomic E-state index is 10.9. The fourth-order valence-electron chi connectivity index (χ4n) is 0.335. The molecule has 0 aromatic heterocycles. The SMILES string of the molecule is CC(Cl)C(=O)OC(C)C(Cl)(Cl)Cl. The number of rotatable bonds is 2. The van der Waals surface area contributed by atoms with Gasteiger partial charge in [0, 0.05) is 0 Å². The summed E-state index contributed by atoms with van der Waals surface area (Å²) in [6.45, 7) is 2.96. The molecule has 0 spiro atoms. The van der Waals surface area contributed by atoms with Crippen molar-refractivity contribution in [2.75, 3.05) is 0 Å². The summed E-state index contributed by atoms with van der Waals surface area (Å²) in [5, 5.41) is -0.736. The summed E-state index contributed by atoms with van der Waals surface area (Å²) in [5.41, 5.74) is 0. The molecule has 0 aromatic carbocycles. The summed E-state index contributed by atoms with van der Waals surface area (Å²) >= 11 is 21.7. The molecule has 0 N–H and O–H groups in total. The van der Waals surface area contributed by atoms with Gasteiger partial charge >= 0.3 is 5.97 Å². The van der Waals surface area contributed by atoms with E-state index < -0.39 is 21.2 Å². The van der Waals surface area contributed by atoms with Crippen LogP contribution in [0.3, 0.4) is 0 Å². The normalized spacial score (nSPS) is 16.8. The second-order valence-corrected chi connectivity index (χ2v) is 5.26. The Labute approximate surface area is 91.1 Å². The predicted molar refractivity (Wildman–Crippen MR) is 51.2 cm³/mol. The van der Waals surface area contributed by atoms with E-state index in [4.69, 9.17) is 51.1 Å². The van der Waals surface area contributed by atoms with Gasteiger partial charge in [-0.15, -0.1) is 11.6 Å². The standard InChI is InChI=1S/C6H8Cl4O2/c1-3(7)5(11)12-4(2)6(8,9)10/h3-4H,1-2H3. The van der Waals surface area contributed by atoms with Crippen LogP contribution in [0.4, 0.5) is 0 Å². The molecule has 0 amide bonds. The van der Waals surface area contributed by atoms with E-state index in [0.29, 0.717) is 0 Å². The molecule has 2 unspecified atom stereocenters. The monoisotopic (exact) mass is 252 g/mol. The maximum Gasteiger partial charge on any atom is 0.324 e. The highest BCUT2D eigenvalue weighted by Crippen LogP contribution is 2.32.